The number of alkyl halides is 4. The first-order valence-corrected chi connectivity index (χ1v) is 22.5. The summed E-state index contributed by atoms with van der Waals surface area (Å²) in [4.78, 5) is 16.6. The third-order valence-corrected chi connectivity index (χ3v) is 15.7. The molecule has 8 nitrogen and oxygen atoms in total. The van der Waals surface area contributed by atoms with Gasteiger partial charge in [0.25, 0.3) is 34.6 Å². The highest BCUT2D eigenvalue weighted by Gasteiger charge is 2.53. The number of unbranched alkanes of at least 4 members (excludes halogenated alkanes) is 6. The summed E-state index contributed by atoms with van der Waals surface area (Å²) in [6.07, 6.45) is 8.89. The van der Waals surface area contributed by atoms with Crippen LogP contribution < -0.4 is 0 Å². The normalized spacial score (nSPS) is 17.5. The van der Waals surface area contributed by atoms with E-state index in [0.717, 1.165) is 105 Å². The van der Waals surface area contributed by atoms with Crippen molar-refractivity contribution in [3.05, 3.63) is 125 Å². The Morgan fingerprint density at radius 3 is 1.11 bits per heavy atom. The Bertz CT molecular complexity index is 2590. The van der Waals surface area contributed by atoms with Crippen molar-refractivity contribution in [2.45, 2.75) is 89.9 Å². The summed E-state index contributed by atoms with van der Waals surface area (Å²) in [5.74, 6) is -7.84. The lowest BCUT2D eigenvalue weighted by Gasteiger charge is -2.15. The van der Waals surface area contributed by atoms with E-state index >= 15 is 17.6 Å². The van der Waals surface area contributed by atoms with Crippen molar-refractivity contribution >= 4 is 67.6 Å². The van der Waals surface area contributed by atoms with Crippen LogP contribution in [0.15, 0.2) is 47.1 Å². The molecule has 0 amide bonds. The molecule has 0 bridgehead atoms. The van der Waals surface area contributed by atoms with E-state index in [-0.39, 0.29) is 20.9 Å². The molecule has 0 aliphatic heterocycles. The molecule has 4 heterocycles. The Kier molecular flexibility index (Phi) is 13.5. The molecule has 4 aromatic rings. The fourth-order valence-electron chi connectivity index (χ4n) is 7.61. The van der Waals surface area contributed by atoms with Crippen LogP contribution in [-0.2, 0) is 12.8 Å². The van der Waals surface area contributed by atoms with Gasteiger partial charge in [0, 0.05) is 50.2 Å². The molecule has 0 spiro atoms. The van der Waals surface area contributed by atoms with E-state index in [2.05, 4.69) is 45.4 Å². The summed E-state index contributed by atoms with van der Waals surface area (Å²) >= 11 is 4.80. The minimum atomic E-state index is -3.92. The first kappa shape index (κ1) is 44.9. The van der Waals surface area contributed by atoms with Gasteiger partial charge in [0.05, 0.1) is 61.7 Å². The number of rotatable bonds is 13. The van der Waals surface area contributed by atoms with Gasteiger partial charge in [-0.1, -0.05) is 52.4 Å². The Labute approximate surface area is 372 Å². The molecular formula is C46H30F4N8S4. The maximum absolute atomic E-state index is 16.0. The van der Waals surface area contributed by atoms with Crippen molar-refractivity contribution in [1.82, 2.24) is 0 Å². The van der Waals surface area contributed by atoms with E-state index < -0.39 is 56.9 Å². The second kappa shape index (κ2) is 18.6. The number of allylic oxidation sites excluding steroid dienone is 8. The SMILES string of the molecule is [C-]#[N+]/C(C#N)=C1\c2sc(-c3sc(-c4cc(CCCCCC)c(-c5cc6c(s5)/C(=C(\C#N)[N+]#[C-])C(F)(F)/C6=C(/C#N)[N+]#[C-])s4)cc3CCCCCC)cc2/C(=C(/C#N)[N+]#[C-])C1(F)F. The third-order valence-electron chi connectivity index (χ3n) is 10.4. The van der Waals surface area contributed by atoms with Gasteiger partial charge in [-0.2, -0.15) is 17.6 Å². The lowest BCUT2D eigenvalue weighted by atomic mass is 10.0. The number of aryl methyl sites for hydroxylation is 2. The van der Waals surface area contributed by atoms with Crippen LogP contribution in [0.3, 0.4) is 0 Å². The highest BCUT2D eigenvalue weighted by molar-refractivity contribution is 7.29. The molecule has 2 aliphatic carbocycles. The number of hydrogen-bond acceptors (Lipinski definition) is 8. The molecule has 6 rings (SSSR count). The number of nitrogens with zero attached hydrogens (tertiary/aromatic N) is 8. The van der Waals surface area contributed by atoms with Gasteiger partial charge >= 0.3 is 0 Å². The van der Waals surface area contributed by atoms with Gasteiger partial charge in [-0.25, -0.2) is 40.4 Å². The molecule has 0 aromatic carbocycles. The minimum absolute atomic E-state index is 0.0442. The Hall–Kier alpha value is -6.60. The molecule has 0 N–H and O–H groups in total. The standard InChI is InChI=1S/C46H30F4N8S4/c1-7-9-11-13-15-25-17-33(59-41(25)35-19-27-37(29(21-51)55-3)45(47,48)39(43(27)61-35)31(23-53)57-5)34-18-26(16-14-12-10-8-2)42(60-34)36-20-28-38(30(22-52)56-4)46(49,50)40(44(28)62-36)32(24-54)58-6/h17-20H,7-16H2,1-2H3/b37-29-,38-30+,39-31-,40-32+. The second-order valence-electron chi connectivity index (χ2n) is 14.2. The Morgan fingerprint density at radius 1 is 0.484 bits per heavy atom. The zero-order valence-electron chi connectivity index (χ0n) is 33.1. The van der Waals surface area contributed by atoms with Crippen LogP contribution in [0.2, 0.25) is 0 Å². The number of nitriles is 4. The number of thiophene rings is 4. The van der Waals surface area contributed by atoms with E-state index in [4.69, 9.17) is 26.3 Å². The predicted molar refractivity (Wildman–Crippen MR) is 236 cm³/mol. The minimum Gasteiger partial charge on any atom is -0.226 e. The molecule has 0 unspecified atom stereocenters. The molecular weight excluding hydrogens is 869 g/mol. The van der Waals surface area contributed by atoms with Crippen LogP contribution in [0, 0.1) is 71.6 Å². The lowest BCUT2D eigenvalue weighted by Crippen LogP contribution is -2.16. The summed E-state index contributed by atoms with van der Waals surface area (Å²) < 4.78 is 64.1. The Balaban J connectivity index is 1.56. The van der Waals surface area contributed by atoms with Gasteiger partial charge in [-0.3, -0.25) is 0 Å². The van der Waals surface area contributed by atoms with Gasteiger partial charge in [-0.15, -0.1) is 45.3 Å². The summed E-state index contributed by atoms with van der Waals surface area (Å²) in [6.45, 7) is 34.2. The van der Waals surface area contributed by atoms with Gasteiger partial charge in [0.1, 0.15) is 0 Å². The predicted octanol–water partition coefficient (Wildman–Crippen LogP) is 15.1. The van der Waals surface area contributed by atoms with Crippen LogP contribution in [0.5, 0.6) is 0 Å². The van der Waals surface area contributed by atoms with Crippen LogP contribution >= 0.6 is 45.3 Å². The van der Waals surface area contributed by atoms with Crippen molar-refractivity contribution in [1.29, 1.82) is 21.0 Å². The topological polar surface area (TPSA) is 113 Å². The van der Waals surface area contributed by atoms with E-state index in [1.54, 1.807) is 24.3 Å². The van der Waals surface area contributed by atoms with Crippen molar-refractivity contribution in [2.75, 3.05) is 0 Å². The Morgan fingerprint density at radius 2 is 0.806 bits per heavy atom. The van der Waals surface area contributed by atoms with E-state index in [1.165, 1.54) is 34.8 Å². The number of fused-ring (bicyclic) bond motifs is 2. The zero-order valence-corrected chi connectivity index (χ0v) is 36.4. The molecule has 0 atom stereocenters. The summed E-state index contributed by atoms with van der Waals surface area (Å²) in [5.41, 5.74) is -4.86. The van der Waals surface area contributed by atoms with E-state index in [1.807, 2.05) is 0 Å². The highest BCUT2D eigenvalue weighted by Crippen LogP contribution is 2.61. The fourth-order valence-corrected chi connectivity index (χ4v) is 12.9. The van der Waals surface area contributed by atoms with E-state index in [0.29, 0.717) is 22.6 Å². The molecule has 4 aromatic heterocycles. The lowest BCUT2D eigenvalue weighted by molar-refractivity contribution is 0.137. The summed E-state index contributed by atoms with van der Waals surface area (Å²) in [6, 6.07) is 13.4. The van der Waals surface area contributed by atoms with E-state index in [9.17, 15) is 21.0 Å². The van der Waals surface area contributed by atoms with Crippen LogP contribution in [0.25, 0.3) is 70.9 Å². The van der Waals surface area contributed by atoms with Crippen molar-refractivity contribution in [3.8, 4) is 53.5 Å². The number of hydrogen-bond donors (Lipinski definition) is 0. The first-order chi connectivity index (χ1) is 29.8. The van der Waals surface area contributed by atoms with Crippen LogP contribution in [0.1, 0.15) is 97.2 Å². The van der Waals surface area contributed by atoms with Gasteiger partial charge in [-0.05, 0) is 72.2 Å². The maximum Gasteiger partial charge on any atom is 0.284 e. The fraction of sp³-hybridized carbons (Fsp3) is 0.304. The quantitative estimate of drug-likeness (QED) is 0.0575. The largest absolute Gasteiger partial charge is 0.284 e. The van der Waals surface area contributed by atoms with Crippen molar-refractivity contribution in [3.63, 3.8) is 0 Å². The molecule has 0 saturated carbocycles. The maximum atomic E-state index is 16.0. The van der Waals surface area contributed by atoms with Gasteiger partial charge < -0.3 is 0 Å². The van der Waals surface area contributed by atoms with Crippen LogP contribution in [-0.4, -0.2) is 11.8 Å². The van der Waals surface area contributed by atoms with Crippen molar-refractivity contribution < 1.29 is 17.6 Å². The third kappa shape index (κ3) is 7.77. The second-order valence-corrected chi connectivity index (χ2v) is 18.4. The smallest absolute Gasteiger partial charge is 0.226 e. The molecule has 0 saturated heterocycles. The highest BCUT2D eigenvalue weighted by atomic mass is 32.1. The van der Waals surface area contributed by atoms with Crippen LogP contribution in [0.4, 0.5) is 17.6 Å². The molecule has 62 heavy (non-hydrogen) atoms. The van der Waals surface area contributed by atoms with Gasteiger partial charge in [0.15, 0.2) is 0 Å². The summed E-state index contributed by atoms with van der Waals surface area (Å²) in [7, 11) is 0. The summed E-state index contributed by atoms with van der Waals surface area (Å²) in [5, 5.41) is 38.8. The number of halogens is 4. The van der Waals surface area contributed by atoms with Crippen molar-refractivity contribution in [2.24, 2.45) is 0 Å². The molecule has 306 valence electrons. The average Bonchev–Trinajstić information content (AvgIpc) is 4.11. The zero-order chi connectivity index (χ0) is 44.9. The molecule has 2 aliphatic rings. The monoisotopic (exact) mass is 898 g/mol. The average molecular weight is 899 g/mol. The van der Waals surface area contributed by atoms with Gasteiger partial charge in [0.2, 0.25) is 0 Å². The molecule has 16 heteroatoms. The first-order valence-electron chi connectivity index (χ1n) is 19.3. The molecule has 0 fully saturated rings. The molecule has 0 radical (unpaired) electrons.